The number of rotatable bonds is 8. The van der Waals surface area contributed by atoms with Crippen LogP contribution in [0, 0.1) is 5.82 Å². The fourth-order valence-electron chi connectivity index (χ4n) is 2.64. The zero-order valence-electron chi connectivity index (χ0n) is 16.0. The van der Waals surface area contributed by atoms with Crippen molar-refractivity contribution in [2.24, 2.45) is 0 Å². The van der Waals surface area contributed by atoms with E-state index in [9.17, 15) is 9.50 Å². The Morgan fingerprint density at radius 3 is 2.86 bits per heavy atom. The largest absolute Gasteiger partial charge is 0.496 e. The van der Waals surface area contributed by atoms with Crippen molar-refractivity contribution in [3.63, 3.8) is 0 Å². The van der Waals surface area contributed by atoms with E-state index < -0.39 is 5.60 Å². The Labute approximate surface area is 162 Å². The Balaban J connectivity index is 1.66. The summed E-state index contributed by atoms with van der Waals surface area (Å²) < 4.78 is 20.9. The Bertz CT molecular complexity index is 938. The topological polar surface area (TPSA) is 97.1 Å². The summed E-state index contributed by atoms with van der Waals surface area (Å²) in [6, 6.07) is 6.38. The minimum absolute atomic E-state index is 0.218. The molecule has 9 heteroatoms. The number of nitrogens with zero attached hydrogens (tertiary/aromatic N) is 4. The van der Waals surface area contributed by atoms with Crippen molar-refractivity contribution in [3.8, 4) is 5.75 Å². The first-order valence-electron chi connectivity index (χ1n) is 8.74. The summed E-state index contributed by atoms with van der Waals surface area (Å²) in [6.07, 6.45) is 4.97. The van der Waals surface area contributed by atoms with E-state index in [4.69, 9.17) is 4.74 Å². The Morgan fingerprint density at radius 2 is 2.11 bits per heavy atom. The number of hydrogen-bond donors (Lipinski definition) is 3. The molecule has 0 saturated carbocycles. The average Bonchev–Trinajstić information content (AvgIpc) is 3.05. The summed E-state index contributed by atoms with van der Waals surface area (Å²) in [5.41, 5.74) is 0.250. The molecule has 0 unspecified atom stereocenters. The summed E-state index contributed by atoms with van der Waals surface area (Å²) in [7, 11) is 1.50. The molecule has 0 fully saturated rings. The molecule has 0 aliphatic heterocycles. The van der Waals surface area contributed by atoms with Crippen LogP contribution in [0.1, 0.15) is 19.4 Å². The standard InChI is InChI=1S/C19H23FN6O2/c1-19(2,27)12-26-11-13(9-23-26)24-18-21-8-7-17(25-18)22-10-14-15(20)5-4-6-16(14)28-3/h4-9,11,27H,10,12H2,1-3H3,(H2,21,22,24,25). The molecule has 0 radical (unpaired) electrons. The van der Waals surface area contributed by atoms with Gasteiger partial charge in [0, 0.05) is 24.5 Å². The average molecular weight is 386 g/mol. The van der Waals surface area contributed by atoms with E-state index >= 15 is 0 Å². The maximum Gasteiger partial charge on any atom is 0.229 e. The van der Waals surface area contributed by atoms with Gasteiger partial charge in [-0.3, -0.25) is 4.68 Å². The molecule has 3 rings (SSSR count). The maximum absolute atomic E-state index is 14.0. The number of aromatic nitrogens is 4. The van der Waals surface area contributed by atoms with Crippen LogP contribution in [0.15, 0.2) is 42.9 Å². The van der Waals surface area contributed by atoms with Gasteiger partial charge >= 0.3 is 0 Å². The Kier molecular flexibility index (Phi) is 5.74. The molecule has 148 valence electrons. The van der Waals surface area contributed by atoms with Gasteiger partial charge in [0.2, 0.25) is 5.95 Å². The first-order chi connectivity index (χ1) is 13.3. The van der Waals surface area contributed by atoms with Gasteiger partial charge < -0.3 is 20.5 Å². The van der Waals surface area contributed by atoms with Crippen molar-refractivity contribution in [1.82, 2.24) is 19.7 Å². The van der Waals surface area contributed by atoms with Crippen molar-refractivity contribution in [3.05, 3.63) is 54.2 Å². The third-order valence-electron chi connectivity index (χ3n) is 3.84. The second-order valence-electron chi connectivity index (χ2n) is 6.90. The summed E-state index contributed by atoms with van der Waals surface area (Å²) in [5.74, 6) is 1.03. The second-order valence-corrected chi connectivity index (χ2v) is 6.90. The summed E-state index contributed by atoms with van der Waals surface area (Å²) in [6.45, 7) is 4.01. The van der Waals surface area contributed by atoms with Crippen LogP contribution < -0.4 is 15.4 Å². The highest BCUT2D eigenvalue weighted by Gasteiger charge is 2.14. The van der Waals surface area contributed by atoms with E-state index in [0.717, 1.165) is 0 Å². The van der Waals surface area contributed by atoms with Gasteiger partial charge in [-0.25, -0.2) is 9.37 Å². The molecule has 2 heterocycles. The minimum Gasteiger partial charge on any atom is -0.496 e. The van der Waals surface area contributed by atoms with Crippen LogP contribution in [0.3, 0.4) is 0 Å². The zero-order valence-corrected chi connectivity index (χ0v) is 16.0. The van der Waals surface area contributed by atoms with Gasteiger partial charge in [0.1, 0.15) is 17.4 Å². The highest BCUT2D eigenvalue weighted by molar-refractivity contribution is 5.52. The third kappa shape index (κ3) is 5.17. The van der Waals surface area contributed by atoms with Crippen molar-refractivity contribution in [2.45, 2.75) is 32.5 Å². The van der Waals surface area contributed by atoms with E-state index in [1.54, 1.807) is 55.3 Å². The number of aliphatic hydroxyl groups is 1. The van der Waals surface area contributed by atoms with E-state index in [1.165, 1.54) is 13.2 Å². The van der Waals surface area contributed by atoms with Crippen LogP contribution >= 0.6 is 0 Å². The molecule has 2 aromatic heterocycles. The number of halogens is 1. The van der Waals surface area contributed by atoms with Crippen LogP contribution in [0.4, 0.5) is 21.8 Å². The maximum atomic E-state index is 14.0. The van der Waals surface area contributed by atoms with Gasteiger partial charge in [0.15, 0.2) is 0 Å². The quantitative estimate of drug-likeness (QED) is 0.548. The number of anilines is 3. The fourth-order valence-corrected chi connectivity index (χ4v) is 2.64. The van der Waals surface area contributed by atoms with Crippen molar-refractivity contribution in [2.75, 3.05) is 17.7 Å². The molecule has 3 aromatic rings. The monoisotopic (exact) mass is 386 g/mol. The number of methoxy groups -OCH3 is 1. The number of hydrogen-bond acceptors (Lipinski definition) is 7. The summed E-state index contributed by atoms with van der Waals surface area (Å²) >= 11 is 0. The first kappa shape index (κ1) is 19.6. The molecule has 0 aliphatic rings. The highest BCUT2D eigenvalue weighted by atomic mass is 19.1. The lowest BCUT2D eigenvalue weighted by Crippen LogP contribution is -2.26. The van der Waals surface area contributed by atoms with Crippen LogP contribution in [-0.4, -0.2) is 37.6 Å². The Morgan fingerprint density at radius 1 is 1.29 bits per heavy atom. The molecule has 28 heavy (non-hydrogen) atoms. The van der Waals surface area contributed by atoms with Crippen LogP contribution in [-0.2, 0) is 13.1 Å². The normalized spacial score (nSPS) is 11.3. The van der Waals surface area contributed by atoms with Crippen molar-refractivity contribution in [1.29, 1.82) is 0 Å². The van der Waals surface area contributed by atoms with Gasteiger partial charge in [0.25, 0.3) is 0 Å². The number of benzene rings is 1. The lowest BCUT2D eigenvalue weighted by molar-refractivity contribution is 0.0578. The molecular formula is C19H23FN6O2. The number of nitrogens with one attached hydrogen (secondary N) is 2. The predicted octanol–water partition coefficient (Wildman–Crippen LogP) is 2.95. The molecule has 1 aromatic carbocycles. The summed E-state index contributed by atoms with van der Waals surface area (Å²) in [4.78, 5) is 8.55. The van der Waals surface area contributed by atoms with Gasteiger partial charge in [0.05, 0.1) is 31.1 Å². The Hall–Kier alpha value is -3.20. The predicted molar refractivity (Wildman–Crippen MR) is 104 cm³/mol. The molecule has 0 spiro atoms. The van der Waals surface area contributed by atoms with Gasteiger partial charge in [-0.1, -0.05) is 6.07 Å². The third-order valence-corrected chi connectivity index (χ3v) is 3.84. The van der Waals surface area contributed by atoms with E-state index in [-0.39, 0.29) is 12.4 Å². The van der Waals surface area contributed by atoms with Crippen molar-refractivity contribution >= 4 is 17.5 Å². The van der Waals surface area contributed by atoms with Crippen LogP contribution in [0.25, 0.3) is 0 Å². The van der Waals surface area contributed by atoms with Gasteiger partial charge in [-0.05, 0) is 32.0 Å². The molecule has 0 atom stereocenters. The first-order valence-corrected chi connectivity index (χ1v) is 8.74. The molecule has 0 saturated heterocycles. The molecule has 8 nitrogen and oxygen atoms in total. The zero-order chi connectivity index (χ0) is 20.1. The lowest BCUT2D eigenvalue weighted by atomic mass is 10.1. The lowest BCUT2D eigenvalue weighted by Gasteiger charge is -2.16. The van der Waals surface area contributed by atoms with Gasteiger partial charge in [-0.2, -0.15) is 10.1 Å². The second kappa shape index (κ2) is 8.22. The molecular weight excluding hydrogens is 363 g/mol. The van der Waals surface area contributed by atoms with E-state index in [1.807, 2.05) is 0 Å². The van der Waals surface area contributed by atoms with Crippen molar-refractivity contribution < 1.29 is 14.2 Å². The van der Waals surface area contributed by atoms with E-state index in [2.05, 4.69) is 25.7 Å². The smallest absolute Gasteiger partial charge is 0.229 e. The van der Waals surface area contributed by atoms with Gasteiger partial charge in [-0.15, -0.1) is 0 Å². The fraction of sp³-hybridized carbons (Fsp3) is 0.316. The molecule has 0 amide bonds. The summed E-state index contributed by atoms with van der Waals surface area (Å²) in [5, 5.41) is 20.2. The van der Waals surface area contributed by atoms with E-state index in [0.29, 0.717) is 35.3 Å². The highest BCUT2D eigenvalue weighted by Crippen LogP contribution is 2.22. The molecule has 3 N–H and O–H groups in total. The molecule has 0 bridgehead atoms. The molecule has 0 aliphatic carbocycles. The minimum atomic E-state index is -0.864. The number of ether oxygens (including phenoxy) is 1. The van der Waals surface area contributed by atoms with Crippen LogP contribution in [0.5, 0.6) is 5.75 Å². The van der Waals surface area contributed by atoms with Crippen LogP contribution in [0.2, 0.25) is 0 Å². The SMILES string of the molecule is COc1cccc(F)c1CNc1ccnc(Nc2cnn(CC(C)(C)O)c2)n1.